The Hall–Kier alpha value is -5.10. The molecule has 0 unspecified atom stereocenters. The number of nitriles is 1. The second kappa shape index (κ2) is 8.20. The molecule has 0 aliphatic carbocycles. The number of benzene rings is 3. The van der Waals surface area contributed by atoms with Crippen LogP contribution in [-0.2, 0) is 0 Å². The Morgan fingerprint density at radius 3 is 2.45 bits per heavy atom. The quantitative estimate of drug-likeness (QED) is 0.465. The van der Waals surface area contributed by atoms with Crippen LogP contribution < -0.4 is 11.2 Å². The fourth-order valence-corrected chi connectivity index (χ4v) is 3.48. The zero-order chi connectivity index (χ0) is 22.8. The number of aromatic nitrogens is 6. The van der Waals surface area contributed by atoms with Crippen LogP contribution in [0.25, 0.3) is 34.4 Å². The van der Waals surface area contributed by atoms with Gasteiger partial charge in [-0.25, -0.2) is 14.9 Å². The van der Waals surface area contributed by atoms with E-state index in [0.29, 0.717) is 33.7 Å². The Morgan fingerprint density at radius 2 is 1.70 bits per heavy atom. The number of hydrogen-bond acceptors (Lipinski definition) is 6. The highest BCUT2D eigenvalue weighted by Crippen LogP contribution is 2.17. The molecule has 9 nitrogen and oxygen atoms in total. The Labute approximate surface area is 186 Å². The lowest BCUT2D eigenvalue weighted by atomic mass is 10.1. The molecular weight excluding hydrogens is 418 g/mol. The van der Waals surface area contributed by atoms with E-state index in [1.807, 2.05) is 24.3 Å². The van der Waals surface area contributed by atoms with E-state index in [4.69, 9.17) is 10.2 Å². The van der Waals surface area contributed by atoms with Gasteiger partial charge in [0.25, 0.3) is 5.56 Å². The summed E-state index contributed by atoms with van der Waals surface area (Å²) in [5, 5.41) is 19.0. The van der Waals surface area contributed by atoms with Gasteiger partial charge in [0.05, 0.1) is 33.9 Å². The molecule has 0 bridgehead atoms. The predicted molar refractivity (Wildman–Crippen MR) is 123 cm³/mol. The van der Waals surface area contributed by atoms with Crippen LogP contribution >= 0.6 is 0 Å². The van der Waals surface area contributed by atoms with Crippen LogP contribution in [0.2, 0.25) is 0 Å². The number of rotatable bonds is 4. The van der Waals surface area contributed by atoms with Crippen molar-refractivity contribution in [3.63, 3.8) is 0 Å². The summed E-state index contributed by atoms with van der Waals surface area (Å²) in [7, 11) is 0. The van der Waals surface area contributed by atoms with Gasteiger partial charge in [-0.3, -0.25) is 9.36 Å². The molecule has 0 saturated heterocycles. The van der Waals surface area contributed by atoms with Crippen LogP contribution in [0.5, 0.6) is 0 Å². The zero-order valence-corrected chi connectivity index (χ0v) is 17.1. The fourth-order valence-electron chi connectivity index (χ4n) is 3.48. The molecule has 0 atom stereocenters. The van der Waals surface area contributed by atoms with Crippen molar-refractivity contribution in [2.45, 2.75) is 0 Å². The number of fused-ring (bicyclic) bond motifs is 1. The van der Waals surface area contributed by atoms with E-state index in [2.05, 4.69) is 21.6 Å². The minimum absolute atomic E-state index is 0.246. The third-order valence-corrected chi connectivity index (χ3v) is 5.07. The molecule has 2 heterocycles. The maximum Gasteiger partial charge on any atom is 0.365 e. The normalized spacial score (nSPS) is 11.1. The second-order valence-electron chi connectivity index (χ2n) is 7.13. The van der Waals surface area contributed by atoms with Crippen molar-refractivity contribution in [2.24, 2.45) is 0 Å². The second-order valence-corrected chi connectivity index (χ2v) is 7.13. The van der Waals surface area contributed by atoms with E-state index < -0.39 is 5.69 Å². The molecule has 0 fully saturated rings. The van der Waals surface area contributed by atoms with Crippen LogP contribution in [0.3, 0.4) is 0 Å². The number of hydrogen-bond donors (Lipinski definition) is 1. The Kier molecular flexibility index (Phi) is 4.93. The van der Waals surface area contributed by atoms with Gasteiger partial charge in [-0.1, -0.05) is 36.4 Å². The van der Waals surface area contributed by atoms with Crippen LogP contribution in [0.1, 0.15) is 17.0 Å². The summed E-state index contributed by atoms with van der Waals surface area (Å²) in [6.45, 7) is 0. The smallest absolute Gasteiger partial charge is 0.268 e. The highest BCUT2D eigenvalue weighted by atomic mass is 16.2. The van der Waals surface area contributed by atoms with Crippen molar-refractivity contribution < 1.29 is 0 Å². The van der Waals surface area contributed by atoms with Gasteiger partial charge in [-0.15, -0.1) is 0 Å². The molecule has 0 saturated carbocycles. The van der Waals surface area contributed by atoms with Crippen molar-refractivity contribution in [3.05, 3.63) is 111 Å². The minimum atomic E-state index is -0.489. The summed E-state index contributed by atoms with van der Waals surface area (Å²) >= 11 is 0. The number of H-pyrrole nitrogens is 1. The predicted octanol–water partition coefficient (Wildman–Crippen LogP) is 2.70. The SMILES string of the molecule is N#Cc1ccc(/C=C/c2nc3ccccc3c(=O)n2-c2cccc(-n3nn[nH]c3=O)c2)cc1. The molecule has 2 aromatic heterocycles. The number of nitrogens with zero attached hydrogens (tertiary/aromatic N) is 6. The average Bonchev–Trinajstić information content (AvgIpc) is 3.29. The number of para-hydroxylation sites is 1. The molecule has 0 amide bonds. The van der Waals surface area contributed by atoms with E-state index in [1.165, 1.54) is 4.57 Å². The highest BCUT2D eigenvalue weighted by Gasteiger charge is 2.13. The van der Waals surface area contributed by atoms with Gasteiger partial charge in [0, 0.05) is 0 Å². The number of aromatic amines is 1. The fraction of sp³-hybridized carbons (Fsp3) is 0. The number of tetrazole rings is 1. The molecule has 0 radical (unpaired) electrons. The Morgan fingerprint density at radius 1 is 0.909 bits per heavy atom. The van der Waals surface area contributed by atoms with Crippen molar-refractivity contribution in [3.8, 4) is 17.4 Å². The van der Waals surface area contributed by atoms with E-state index in [0.717, 1.165) is 10.2 Å². The first kappa shape index (κ1) is 19.8. The van der Waals surface area contributed by atoms with Crippen LogP contribution in [0.15, 0.2) is 82.4 Å². The van der Waals surface area contributed by atoms with Crippen LogP contribution in [0.4, 0.5) is 0 Å². The van der Waals surface area contributed by atoms with Crippen molar-refractivity contribution in [1.82, 2.24) is 29.8 Å². The van der Waals surface area contributed by atoms with E-state index in [9.17, 15) is 9.59 Å². The van der Waals surface area contributed by atoms with Gasteiger partial charge in [-0.05, 0) is 64.5 Å². The summed E-state index contributed by atoms with van der Waals surface area (Å²) in [5.41, 5.74) is 2.22. The zero-order valence-electron chi connectivity index (χ0n) is 17.1. The third kappa shape index (κ3) is 3.73. The van der Waals surface area contributed by atoms with Gasteiger partial charge in [-0.2, -0.15) is 9.94 Å². The summed E-state index contributed by atoms with van der Waals surface area (Å²) in [4.78, 5) is 30.1. The van der Waals surface area contributed by atoms with E-state index in [-0.39, 0.29) is 5.56 Å². The molecule has 5 aromatic rings. The van der Waals surface area contributed by atoms with Crippen molar-refractivity contribution in [2.75, 3.05) is 0 Å². The molecule has 9 heteroatoms. The van der Waals surface area contributed by atoms with Gasteiger partial charge < -0.3 is 0 Å². The number of nitrogens with one attached hydrogen (secondary N) is 1. The van der Waals surface area contributed by atoms with Crippen molar-refractivity contribution >= 4 is 23.1 Å². The minimum Gasteiger partial charge on any atom is -0.268 e. The van der Waals surface area contributed by atoms with Gasteiger partial charge in [0.1, 0.15) is 5.82 Å². The van der Waals surface area contributed by atoms with E-state index in [1.54, 1.807) is 60.7 Å². The third-order valence-electron chi connectivity index (χ3n) is 5.07. The van der Waals surface area contributed by atoms with Gasteiger partial charge in [0.2, 0.25) is 0 Å². The topological polar surface area (TPSA) is 122 Å². The molecule has 33 heavy (non-hydrogen) atoms. The molecule has 158 valence electrons. The lowest BCUT2D eigenvalue weighted by molar-refractivity contribution is 0.778. The molecule has 0 aliphatic rings. The van der Waals surface area contributed by atoms with Gasteiger partial charge >= 0.3 is 5.69 Å². The maximum atomic E-state index is 13.5. The lowest BCUT2D eigenvalue weighted by Gasteiger charge is -2.12. The lowest BCUT2D eigenvalue weighted by Crippen LogP contribution is -2.23. The summed E-state index contributed by atoms with van der Waals surface area (Å²) < 4.78 is 2.59. The maximum absolute atomic E-state index is 13.5. The largest absolute Gasteiger partial charge is 0.365 e. The molecule has 1 N–H and O–H groups in total. The van der Waals surface area contributed by atoms with Crippen LogP contribution in [-0.4, -0.2) is 29.8 Å². The molecule has 3 aromatic carbocycles. The molecule has 5 rings (SSSR count). The standard InChI is InChI=1S/C24H15N7O2/c25-15-17-10-8-16(9-11-17)12-13-22-26-21-7-2-1-6-20(21)23(32)30(22)18-4-3-5-19(14-18)31-24(33)27-28-29-31/h1-14H,(H,27,29,33)/b13-12+. The Balaban J connectivity index is 1.69. The molecule has 0 spiro atoms. The molecular formula is C24H15N7O2. The van der Waals surface area contributed by atoms with Crippen LogP contribution in [0, 0.1) is 11.3 Å². The van der Waals surface area contributed by atoms with E-state index >= 15 is 0 Å². The Bertz CT molecular complexity index is 1670. The first-order valence-electron chi connectivity index (χ1n) is 9.95. The van der Waals surface area contributed by atoms with Crippen molar-refractivity contribution in [1.29, 1.82) is 5.26 Å². The highest BCUT2D eigenvalue weighted by molar-refractivity contribution is 5.80. The summed E-state index contributed by atoms with van der Waals surface area (Å²) in [5.74, 6) is 0.410. The first-order valence-corrected chi connectivity index (χ1v) is 9.95. The first-order chi connectivity index (χ1) is 16.1. The molecule has 0 aliphatic heterocycles. The van der Waals surface area contributed by atoms with Gasteiger partial charge in [0.15, 0.2) is 0 Å². The average molecular weight is 433 g/mol. The summed E-state index contributed by atoms with van der Waals surface area (Å²) in [6.07, 6.45) is 3.56. The summed E-state index contributed by atoms with van der Waals surface area (Å²) in [6, 6.07) is 23.1. The monoisotopic (exact) mass is 433 g/mol.